The van der Waals surface area contributed by atoms with Gasteiger partial charge in [0.15, 0.2) is 0 Å². The lowest BCUT2D eigenvalue weighted by Crippen LogP contribution is -2.23. The number of ether oxygens (including phenoxy) is 2. The van der Waals surface area contributed by atoms with Gasteiger partial charge in [0.05, 0.1) is 30.3 Å². The molecule has 25 heavy (non-hydrogen) atoms. The van der Waals surface area contributed by atoms with Gasteiger partial charge in [-0.1, -0.05) is 29.8 Å². The van der Waals surface area contributed by atoms with Gasteiger partial charge in [-0.2, -0.15) is 9.78 Å². The molecule has 1 saturated heterocycles. The first-order valence-corrected chi connectivity index (χ1v) is 8.90. The van der Waals surface area contributed by atoms with E-state index in [1.54, 1.807) is 6.20 Å². The molecule has 1 N–H and O–H groups in total. The predicted molar refractivity (Wildman–Crippen MR) is 97.7 cm³/mol. The van der Waals surface area contributed by atoms with E-state index in [0.29, 0.717) is 31.1 Å². The third-order valence-electron chi connectivity index (χ3n) is 4.03. The minimum Gasteiger partial charge on any atom is -0.382 e. The zero-order valence-electron chi connectivity index (χ0n) is 14.0. The highest BCUT2D eigenvalue weighted by Crippen LogP contribution is 2.16. The second kappa shape index (κ2) is 8.99. The molecule has 2 aromatic rings. The first-order valence-electron chi connectivity index (χ1n) is 8.52. The molecule has 0 radical (unpaired) electrons. The van der Waals surface area contributed by atoms with Crippen molar-refractivity contribution in [3.8, 4) is 5.69 Å². The van der Waals surface area contributed by atoms with Crippen LogP contribution in [0.5, 0.6) is 0 Å². The highest BCUT2D eigenvalue weighted by molar-refractivity contribution is 6.32. The topological polar surface area (TPSA) is 65.4 Å². The normalized spacial score (nSPS) is 16.9. The van der Waals surface area contributed by atoms with Crippen LogP contribution in [0.4, 0.5) is 5.69 Å². The minimum atomic E-state index is -0.340. The predicted octanol–water partition coefficient (Wildman–Crippen LogP) is 2.88. The summed E-state index contributed by atoms with van der Waals surface area (Å²) in [7, 11) is 0. The van der Waals surface area contributed by atoms with Gasteiger partial charge in [0.1, 0.15) is 5.02 Å². The van der Waals surface area contributed by atoms with Crippen LogP contribution in [0.15, 0.2) is 41.3 Å². The molecule has 0 unspecified atom stereocenters. The van der Waals surface area contributed by atoms with Crippen molar-refractivity contribution in [2.45, 2.75) is 25.4 Å². The average Bonchev–Trinajstić information content (AvgIpc) is 3.15. The Morgan fingerprint density at radius 3 is 2.96 bits per heavy atom. The third kappa shape index (κ3) is 4.81. The van der Waals surface area contributed by atoms with Gasteiger partial charge >= 0.3 is 0 Å². The molecule has 1 aliphatic heterocycles. The minimum absolute atomic E-state index is 0.138. The molecule has 7 heteroatoms. The van der Waals surface area contributed by atoms with Gasteiger partial charge in [-0.25, -0.2) is 0 Å². The van der Waals surface area contributed by atoms with E-state index >= 15 is 0 Å². The smallest absolute Gasteiger partial charge is 0.292 e. The van der Waals surface area contributed by atoms with Gasteiger partial charge in [0.2, 0.25) is 0 Å². The number of benzene rings is 1. The Kier molecular flexibility index (Phi) is 6.44. The number of halogens is 1. The Bertz CT molecular complexity index is 730. The van der Waals surface area contributed by atoms with E-state index in [2.05, 4.69) is 10.4 Å². The molecule has 0 bridgehead atoms. The molecule has 1 aromatic carbocycles. The summed E-state index contributed by atoms with van der Waals surface area (Å²) in [5, 5.41) is 7.47. The van der Waals surface area contributed by atoms with Gasteiger partial charge in [-0.05, 0) is 31.4 Å². The lowest BCUT2D eigenvalue weighted by molar-refractivity contribution is 0.0172. The summed E-state index contributed by atoms with van der Waals surface area (Å²) in [5.74, 6) is 0. The Hall–Kier alpha value is -1.89. The molecule has 1 fully saturated rings. The Balaban J connectivity index is 1.48. The fraction of sp³-hybridized carbons (Fsp3) is 0.444. The van der Waals surface area contributed by atoms with E-state index in [4.69, 9.17) is 21.1 Å². The summed E-state index contributed by atoms with van der Waals surface area (Å²) < 4.78 is 12.4. The zero-order chi connectivity index (χ0) is 17.5. The van der Waals surface area contributed by atoms with Crippen LogP contribution in [0.3, 0.4) is 0 Å². The van der Waals surface area contributed by atoms with Crippen molar-refractivity contribution in [2.24, 2.45) is 0 Å². The van der Waals surface area contributed by atoms with Crippen LogP contribution in [0.1, 0.15) is 19.3 Å². The van der Waals surface area contributed by atoms with E-state index in [1.165, 1.54) is 4.68 Å². The fourth-order valence-corrected chi connectivity index (χ4v) is 2.89. The maximum Gasteiger partial charge on any atom is 0.292 e. The van der Waals surface area contributed by atoms with Crippen molar-refractivity contribution in [2.75, 3.05) is 31.7 Å². The van der Waals surface area contributed by atoms with E-state index < -0.39 is 0 Å². The van der Waals surface area contributed by atoms with Gasteiger partial charge in [0.25, 0.3) is 5.56 Å². The molecule has 6 nitrogen and oxygen atoms in total. The molecular weight excluding hydrogens is 342 g/mol. The van der Waals surface area contributed by atoms with Crippen molar-refractivity contribution < 1.29 is 9.47 Å². The van der Waals surface area contributed by atoms with E-state index in [0.717, 1.165) is 25.9 Å². The molecule has 1 aliphatic rings. The number of nitrogens with zero attached hydrogens (tertiary/aromatic N) is 2. The van der Waals surface area contributed by atoms with Gasteiger partial charge in [-0.15, -0.1) is 0 Å². The molecule has 2 heterocycles. The Labute approximate surface area is 151 Å². The third-order valence-corrected chi connectivity index (χ3v) is 4.39. The first kappa shape index (κ1) is 17.9. The lowest BCUT2D eigenvalue weighted by Gasteiger charge is -2.12. The van der Waals surface area contributed by atoms with Crippen LogP contribution in [0.2, 0.25) is 5.02 Å². The van der Waals surface area contributed by atoms with Crippen molar-refractivity contribution in [1.29, 1.82) is 0 Å². The van der Waals surface area contributed by atoms with Gasteiger partial charge in [-0.3, -0.25) is 4.79 Å². The number of rotatable bonds is 8. The molecule has 0 amide bonds. The monoisotopic (exact) mass is 363 g/mol. The van der Waals surface area contributed by atoms with Crippen LogP contribution in [-0.2, 0) is 9.47 Å². The first-order chi connectivity index (χ1) is 12.3. The molecule has 3 rings (SSSR count). The molecular formula is C18H22ClN3O3. The Morgan fingerprint density at radius 1 is 1.36 bits per heavy atom. The Morgan fingerprint density at radius 2 is 2.20 bits per heavy atom. The van der Waals surface area contributed by atoms with E-state index in [9.17, 15) is 4.79 Å². The maximum atomic E-state index is 12.4. The largest absolute Gasteiger partial charge is 0.382 e. The SMILES string of the molecule is O=c1c(Cl)c(NCCCOC[C@@H]2CCCO2)cnn1-c1ccccc1. The van der Waals surface area contributed by atoms with Crippen LogP contribution in [-0.4, -0.2) is 42.2 Å². The number of nitrogens with one attached hydrogen (secondary N) is 1. The molecule has 1 atom stereocenters. The maximum absolute atomic E-state index is 12.4. The zero-order valence-corrected chi connectivity index (χ0v) is 14.7. The molecule has 1 aromatic heterocycles. The standard InChI is InChI=1S/C18H22ClN3O3/c19-17-16(20-9-5-10-24-13-15-8-4-11-25-15)12-21-22(18(17)23)14-6-2-1-3-7-14/h1-3,6-7,12,15,20H,4-5,8-11,13H2/t15-/m0/s1. The van der Waals surface area contributed by atoms with Crippen molar-refractivity contribution in [3.05, 3.63) is 51.9 Å². The van der Waals surface area contributed by atoms with Crippen molar-refractivity contribution in [1.82, 2.24) is 9.78 Å². The van der Waals surface area contributed by atoms with E-state index in [-0.39, 0.29) is 16.7 Å². The lowest BCUT2D eigenvalue weighted by atomic mass is 10.2. The number of hydrogen-bond acceptors (Lipinski definition) is 5. The van der Waals surface area contributed by atoms with Crippen LogP contribution in [0.25, 0.3) is 5.69 Å². The molecule has 134 valence electrons. The van der Waals surface area contributed by atoms with Crippen molar-refractivity contribution in [3.63, 3.8) is 0 Å². The summed E-state index contributed by atoms with van der Waals surface area (Å²) >= 11 is 6.19. The second-order valence-electron chi connectivity index (χ2n) is 5.92. The molecule has 0 aliphatic carbocycles. The average molecular weight is 364 g/mol. The van der Waals surface area contributed by atoms with Gasteiger partial charge < -0.3 is 14.8 Å². The summed E-state index contributed by atoms with van der Waals surface area (Å²) in [4.78, 5) is 12.4. The highest BCUT2D eigenvalue weighted by atomic mass is 35.5. The van der Waals surface area contributed by atoms with E-state index in [1.807, 2.05) is 30.3 Å². The van der Waals surface area contributed by atoms with Crippen LogP contribution < -0.4 is 10.9 Å². The number of hydrogen-bond donors (Lipinski definition) is 1. The molecule has 0 spiro atoms. The number of aromatic nitrogens is 2. The second-order valence-corrected chi connectivity index (χ2v) is 6.29. The highest BCUT2D eigenvalue weighted by Gasteiger charge is 2.15. The summed E-state index contributed by atoms with van der Waals surface area (Å²) in [6, 6.07) is 9.19. The van der Waals surface area contributed by atoms with Gasteiger partial charge in [0, 0.05) is 19.8 Å². The number of anilines is 1. The fourth-order valence-electron chi connectivity index (χ4n) is 2.70. The quantitative estimate of drug-likeness (QED) is 0.730. The summed E-state index contributed by atoms with van der Waals surface area (Å²) in [5.41, 5.74) is 0.883. The molecule has 0 saturated carbocycles. The van der Waals surface area contributed by atoms with Crippen LogP contribution >= 0.6 is 11.6 Å². The number of para-hydroxylation sites is 1. The van der Waals surface area contributed by atoms with Crippen LogP contribution in [0, 0.1) is 0 Å². The van der Waals surface area contributed by atoms with Crippen molar-refractivity contribution >= 4 is 17.3 Å². The summed E-state index contributed by atoms with van der Waals surface area (Å²) in [6.07, 6.45) is 4.83. The summed E-state index contributed by atoms with van der Waals surface area (Å²) in [6.45, 7) is 2.78.